The number of unbranched alkanes of at least 4 members (excludes halogenated alkanes) is 1. The van der Waals surface area contributed by atoms with Crippen LogP contribution in [0.1, 0.15) is 58.3 Å². The molecule has 0 unspecified atom stereocenters. The summed E-state index contributed by atoms with van der Waals surface area (Å²) in [4.78, 5) is 0. The molecule has 0 aromatic rings. The van der Waals surface area contributed by atoms with Crippen LogP contribution in [0, 0.1) is 5.92 Å². The number of nitrogens with zero attached hydrogens (tertiary/aromatic N) is 1. The van der Waals surface area contributed by atoms with Crippen LogP contribution in [0.2, 0.25) is 0 Å². The molecule has 0 amide bonds. The van der Waals surface area contributed by atoms with Gasteiger partial charge < -0.3 is 15.1 Å². The topological polar surface area (TPSA) is 24.1 Å². The average Bonchev–Trinajstić information content (AvgIpc) is 2.97. The van der Waals surface area contributed by atoms with Gasteiger partial charge >= 0.3 is 0 Å². The summed E-state index contributed by atoms with van der Waals surface area (Å²) in [5.41, 5.74) is 0. The second-order valence-electron chi connectivity index (χ2n) is 8.05. The molecular weight excluding hydrogens is 258 g/mol. The predicted molar refractivity (Wildman–Crippen MR) is 91.5 cm³/mol. The summed E-state index contributed by atoms with van der Waals surface area (Å²) < 4.78 is 1.21. The van der Waals surface area contributed by atoms with Gasteiger partial charge in [-0.25, -0.2) is 0 Å². The predicted octanol–water partition coefficient (Wildman–Crippen LogP) is 2.76. The molecule has 2 N–H and O–H groups in total. The van der Waals surface area contributed by atoms with Crippen molar-refractivity contribution in [1.82, 2.24) is 10.6 Å². The zero-order chi connectivity index (χ0) is 15.1. The molecule has 1 saturated carbocycles. The Morgan fingerprint density at radius 3 is 2.62 bits per heavy atom. The zero-order valence-electron chi connectivity index (χ0n) is 14.7. The van der Waals surface area contributed by atoms with Crippen LogP contribution in [0.25, 0.3) is 0 Å². The molecule has 21 heavy (non-hydrogen) atoms. The summed E-state index contributed by atoms with van der Waals surface area (Å²) in [6.45, 7) is 7.41. The monoisotopic (exact) mass is 296 g/mol. The van der Waals surface area contributed by atoms with Gasteiger partial charge in [0, 0.05) is 24.5 Å². The van der Waals surface area contributed by atoms with Gasteiger partial charge in [-0.3, -0.25) is 0 Å². The van der Waals surface area contributed by atoms with Crippen LogP contribution in [-0.2, 0) is 0 Å². The average molecular weight is 297 g/mol. The fraction of sp³-hybridized carbons (Fsp3) is 1.00. The van der Waals surface area contributed by atoms with Crippen LogP contribution < -0.4 is 10.6 Å². The van der Waals surface area contributed by atoms with Gasteiger partial charge in [-0.2, -0.15) is 0 Å². The third kappa shape index (κ3) is 5.88. The van der Waals surface area contributed by atoms with Gasteiger partial charge in [0.25, 0.3) is 0 Å². The molecule has 2 fully saturated rings. The molecule has 0 aromatic heterocycles. The molecule has 0 aromatic carbocycles. The molecule has 3 heteroatoms. The summed E-state index contributed by atoms with van der Waals surface area (Å²) >= 11 is 0. The van der Waals surface area contributed by atoms with E-state index in [-0.39, 0.29) is 0 Å². The third-order valence-corrected chi connectivity index (χ3v) is 5.54. The van der Waals surface area contributed by atoms with E-state index in [0.717, 1.165) is 18.0 Å². The first-order valence-electron chi connectivity index (χ1n) is 9.39. The van der Waals surface area contributed by atoms with Crippen molar-refractivity contribution in [3.8, 4) is 0 Å². The molecule has 1 saturated heterocycles. The van der Waals surface area contributed by atoms with Crippen LogP contribution in [0.3, 0.4) is 0 Å². The van der Waals surface area contributed by atoms with Gasteiger partial charge in [-0.15, -0.1) is 0 Å². The van der Waals surface area contributed by atoms with Crippen molar-refractivity contribution in [1.29, 1.82) is 0 Å². The summed E-state index contributed by atoms with van der Waals surface area (Å²) in [5.74, 6) is 0.881. The van der Waals surface area contributed by atoms with E-state index in [9.17, 15) is 0 Å². The van der Waals surface area contributed by atoms with Crippen LogP contribution in [0.15, 0.2) is 0 Å². The zero-order valence-corrected chi connectivity index (χ0v) is 14.7. The Morgan fingerprint density at radius 1 is 1.10 bits per heavy atom. The van der Waals surface area contributed by atoms with Crippen LogP contribution in [0.4, 0.5) is 0 Å². The standard InChI is InChI=1S/C18H38N3/c1-4-5-13-21(2,3)15-16-9-6-7-11-18(16)20-14-17-10-8-12-19-17/h16-20H,4-15H2,1-3H3/q+1/t16-,17+,18-/m1/s1. The number of nitrogens with one attached hydrogen (secondary N) is 2. The van der Waals surface area contributed by atoms with Gasteiger partial charge in [0.2, 0.25) is 0 Å². The molecule has 1 heterocycles. The van der Waals surface area contributed by atoms with Crippen molar-refractivity contribution >= 4 is 0 Å². The van der Waals surface area contributed by atoms with Crippen molar-refractivity contribution in [3.05, 3.63) is 0 Å². The summed E-state index contributed by atoms with van der Waals surface area (Å²) in [6, 6.07) is 1.50. The van der Waals surface area contributed by atoms with Crippen LogP contribution in [0.5, 0.6) is 0 Å². The van der Waals surface area contributed by atoms with E-state index in [0.29, 0.717) is 0 Å². The first-order chi connectivity index (χ1) is 10.1. The number of quaternary nitrogens is 1. The minimum Gasteiger partial charge on any atom is -0.328 e. The fourth-order valence-corrected chi connectivity index (χ4v) is 4.23. The summed E-state index contributed by atoms with van der Waals surface area (Å²) in [6.07, 6.45) is 11.1. The Hall–Kier alpha value is -0.120. The molecule has 124 valence electrons. The maximum atomic E-state index is 3.92. The molecule has 3 atom stereocenters. The Morgan fingerprint density at radius 2 is 1.90 bits per heavy atom. The van der Waals surface area contributed by atoms with Crippen molar-refractivity contribution in [2.75, 3.05) is 40.3 Å². The van der Waals surface area contributed by atoms with E-state index >= 15 is 0 Å². The van der Waals surface area contributed by atoms with E-state index in [4.69, 9.17) is 0 Å². The quantitative estimate of drug-likeness (QED) is 0.673. The lowest BCUT2D eigenvalue weighted by Gasteiger charge is -2.39. The highest BCUT2D eigenvalue weighted by molar-refractivity contribution is 4.84. The van der Waals surface area contributed by atoms with E-state index in [1.807, 2.05) is 0 Å². The Kier molecular flexibility index (Phi) is 6.97. The lowest BCUT2D eigenvalue weighted by atomic mass is 9.83. The summed E-state index contributed by atoms with van der Waals surface area (Å²) in [5, 5.41) is 7.54. The lowest BCUT2D eigenvalue weighted by Crippen LogP contribution is -2.52. The first-order valence-corrected chi connectivity index (χ1v) is 9.39. The molecule has 0 radical (unpaired) electrons. The van der Waals surface area contributed by atoms with Gasteiger partial charge in [-0.1, -0.05) is 26.2 Å². The van der Waals surface area contributed by atoms with E-state index in [1.54, 1.807) is 0 Å². The maximum absolute atomic E-state index is 3.92. The van der Waals surface area contributed by atoms with Crippen molar-refractivity contribution in [2.24, 2.45) is 5.92 Å². The number of hydrogen-bond donors (Lipinski definition) is 2. The van der Waals surface area contributed by atoms with E-state index in [2.05, 4.69) is 31.7 Å². The second-order valence-corrected chi connectivity index (χ2v) is 8.05. The molecule has 1 aliphatic heterocycles. The third-order valence-electron chi connectivity index (χ3n) is 5.54. The molecule has 2 rings (SSSR count). The van der Waals surface area contributed by atoms with Crippen molar-refractivity contribution < 1.29 is 4.48 Å². The minimum atomic E-state index is 0.732. The number of rotatable bonds is 8. The minimum absolute atomic E-state index is 0.732. The summed E-state index contributed by atoms with van der Waals surface area (Å²) in [7, 11) is 4.86. The van der Waals surface area contributed by atoms with Gasteiger partial charge in [-0.05, 0) is 38.6 Å². The maximum Gasteiger partial charge on any atom is 0.0826 e. The normalized spacial score (nSPS) is 30.7. The largest absolute Gasteiger partial charge is 0.328 e. The Labute approximate surface area is 132 Å². The van der Waals surface area contributed by atoms with E-state index < -0.39 is 0 Å². The van der Waals surface area contributed by atoms with Crippen molar-refractivity contribution in [2.45, 2.75) is 70.4 Å². The lowest BCUT2D eigenvalue weighted by molar-refractivity contribution is -0.894. The smallest absolute Gasteiger partial charge is 0.0826 e. The van der Waals surface area contributed by atoms with Crippen LogP contribution in [-0.4, -0.2) is 56.8 Å². The van der Waals surface area contributed by atoms with Gasteiger partial charge in [0.1, 0.15) is 0 Å². The second kappa shape index (κ2) is 8.50. The molecule has 1 aliphatic carbocycles. The van der Waals surface area contributed by atoms with Crippen molar-refractivity contribution in [3.63, 3.8) is 0 Å². The molecule has 3 nitrogen and oxygen atoms in total. The van der Waals surface area contributed by atoms with E-state index in [1.165, 1.54) is 82.0 Å². The number of hydrogen-bond acceptors (Lipinski definition) is 2. The van der Waals surface area contributed by atoms with Gasteiger partial charge in [0.05, 0.1) is 27.2 Å². The Bertz CT molecular complexity index is 284. The van der Waals surface area contributed by atoms with Crippen LogP contribution >= 0.6 is 0 Å². The molecule has 0 bridgehead atoms. The molecule has 2 aliphatic rings. The SMILES string of the molecule is CCCC[N+](C)(C)C[C@H]1CCCC[C@H]1NC[C@@H]1CCCN1. The highest BCUT2D eigenvalue weighted by Crippen LogP contribution is 2.27. The van der Waals surface area contributed by atoms with Gasteiger partial charge in [0.15, 0.2) is 0 Å². The molecular formula is C18H38N3+. The Balaban J connectivity index is 1.79. The highest BCUT2D eigenvalue weighted by Gasteiger charge is 2.31. The highest BCUT2D eigenvalue weighted by atomic mass is 15.3. The molecule has 0 spiro atoms. The first kappa shape index (κ1) is 17.2. The fourth-order valence-electron chi connectivity index (χ4n) is 4.23.